The van der Waals surface area contributed by atoms with Crippen molar-refractivity contribution in [2.24, 2.45) is 0 Å². The van der Waals surface area contributed by atoms with Gasteiger partial charge in [-0.1, -0.05) is 33.6 Å². The predicted molar refractivity (Wildman–Crippen MR) is 95.6 cm³/mol. The van der Waals surface area contributed by atoms with Crippen LogP contribution in [0.4, 0.5) is 11.4 Å². The molecular formula is C17H16BrN3O3. The fraction of sp³-hybridized carbons (Fsp3) is 0.118. The summed E-state index contributed by atoms with van der Waals surface area (Å²) in [4.78, 5) is 35.2. The number of hydrogen-bond acceptors (Lipinski definition) is 3. The monoisotopic (exact) mass is 389 g/mol. The normalized spacial score (nSPS) is 9.92. The molecule has 2 aromatic rings. The highest BCUT2D eigenvalue weighted by atomic mass is 79.9. The van der Waals surface area contributed by atoms with Crippen molar-refractivity contribution >= 4 is 45.0 Å². The summed E-state index contributed by atoms with van der Waals surface area (Å²) in [5, 5.41) is 7.35. The van der Waals surface area contributed by atoms with Crippen LogP contribution in [0.25, 0.3) is 0 Å². The molecule has 0 aliphatic heterocycles. The number of amides is 3. The lowest BCUT2D eigenvalue weighted by Crippen LogP contribution is -2.39. The number of rotatable bonds is 4. The maximum atomic E-state index is 11.8. The molecule has 0 bridgehead atoms. The van der Waals surface area contributed by atoms with Gasteiger partial charge in [0, 0.05) is 15.8 Å². The second-order valence-corrected chi connectivity index (χ2v) is 5.97. The summed E-state index contributed by atoms with van der Waals surface area (Å²) in [5.41, 5.74) is 2.19. The molecule has 6 nitrogen and oxygen atoms in total. The average molecular weight is 390 g/mol. The van der Waals surface area contributed by atoms with Crippen molar-refractivity contribution in [3.63, 3.8) is 0 Å². The van der Waals surface area contributed by atoms with Crippen LogP contribution in [0.1, 0.15) is 5.56 Å². The minimum Gasteiger partial charge on any atom is -0.339 e. The second-order valence-electron chi connectivity index (χ2n) is 5.06. The summed E-state index contributed by atoms with van der Waals surface area (Å²) in [5.74, 6) is -2.12. The van der Waals surface area contributed by atoms with E-state index in [0.717, 1.165) is 10.0 Å². The molecule has 0 heterocycles. The van der Waals surface area contributed by atoms with Gasteiger partial charge in [-0.3, -0.25) is 14.4 Å². The number of benzene rings is 2. The summed E-state index contributed by atoms with van der Waals surface area (Å²) in [6.07, 6.45) is 0. The highest BCUT2D eigenvalue weighted by Gasteiger charge is 2.14. The Morgan fingerprint density at radius 3 is 2.00 bits per heavy atom. The summed E-state index contributed by atoms with van der Waals surface area (Å²) < 4.78 is 0.859. The number of anilines is 2. The summed E-state index contributed by atoms with van der Waals surface area (Å²) in [6.45, 7) is 1.65. The van der Waals surface area contributed by atoms with Gasteiger partial charge in [0.1, 0.15) is 0 Å². The summed E-state index contributed by atoms with van der Waals surface area (Å²) in [7, 11) is 0. The smallest absolute Gasteiger partial charge is 0.313 e. The molecule has 124 valence electrons. The molecule has 2 rings (SSSR count). The molecule has 0 unspecified atom stereocenters. The highest BCUT2D eigenvalue weighted by Crippen LogP contribution is 2.13. The number of carbonyl (C=O) groups excluding carboxylic acids is 3. The zero-order chi connectivity index (χ0) is 17.5. The lowest BCUT2D eigenvalue weighted by atomic mass is 10.2. The van der Waals surface area contributed by atoms with E-state index in [1.807, 2.05) is 19.1 Å². The van der Waals surface area contributed by atoms with Crippen LogP contribution in [0.2, 0.25) is 0 Å². The Morgan fingerprint density at radius 1 is 0.833 bits per heavy atom. The Morgan fingerprint density at radius 2 is 1.38 bits per heavy atom. The van der Waals surface area contributed by atoms with E-state index in [0.29, 0.717) is 11.4 Å². The van der Waals surface area contributed by atoms with Gasteiger partial charge in [-0.2, -0.15) is 0 Å². The molecule has 0 atom stereocenters. The Hall–Kier alpha value is -2.67. The van der Waals surface area contributed by atoms with Crippen molar-refractivity contribution < 1.29 is 14.4 Å². The van der Waals surface area contributed by atoms with Gasteiger partial charge in [0.15, 0.2) is 0 Å². The van der Waals surface area contributed by atoms with Crippen molar-refractivity contribution in [3.05, 3.63) is 58.6 Å². The van der Waals surface area contributed by atoms with Crippen LogP contribution in [0.3, 0.4) is 0 Å². The Bertz CT molecular complexity index is 743. The number of carbonyl (C=O) groups is 3. The van der Waals surface area contributed by atoms with Crippen LogP contribution >= 0.6 is 15.9 Å². The van der Waals surface area contributed by atoms with Crippen LogP contribution in [0.5, 0.6) is 0 Å². The Balaban J connectivity index is 1.79. The first-order valence-corrected chi connectivity index (χ1v) is 7.94. The zero-order valence-corrected chi connectivity index (χ0v) is 14.5. The molecule has 0 fully saturated rings. The van der Waals surface area contributed by atoms with Gasteiger partial charge in [-0.25, -0.2) is 0 Å². The molecule has 3 N–H and O–H groups in total. The van der Waals surface area contributed by atoms with Gasteiger partial charge in [-0.05, 0) is 43.3 Å². The molecule has 0 saturated carbocycles. The van der Waals surface area contributed by atoms with Gasteiger partial charge in [0.2, 0.25) is 5.91 Å². The molecule has 0 aromatic heterocycles. The number of aryl methyl sites for hydroxylation is 1. The minimum absolute atomic E-state index is 0.291. The topological polar surface area (TPSA) is 87.3 Å². The van der Waals surface area contributed by atoms with Gasteiger partial charge < -0.3 is 16.0 Å². The molecule has 0 radical (unpaired) electrons. The molecule has 7 heteroatoms. The van der Waals surface area contributed by atoms with E-state index in [1.165, 1.54) is 0 Å². The summed E-state index contributed by atoms with van der Waals surface area (Å²) in [6, 6.07) is 14.0. The Kier molecular flexibility index (Phi) is 6.08. The lowest BCUT2D eigenvalue weighted by molar-refractivity contribution is -0.136. The molecule has 2 aromatic carbocycles. The average Bonchev–Trinajstić information content (AvgIpc) is 2.57. The molecule has 0 aliphatic rings. The van der Waals surface area contributed by atoms with Crippen LogP contribution < -0.4 is 16.0 Å². The van der Waals surface area contributed by atoms with Crippen LogP contribution in [0.15, 0.2) is 53.0 Å². The highest BCUT2D eigenvalue weighted by molar-refractivity contribution is 9.10. The fourth-order valence-corrected chi connectivity index (χ4v) is 2.07. The summed E-state index contributed by atoms with van der Waals surface area (Å²) >= 11 is 3.28. The third-order valence-corrected chi connectivity index (χ3v) is 3.58. The van der Waals surface area contributed by atoms with Gasteiger partial charge >= 0.3 is 11.8 Å². The van der Waals surface area contributed by atoms with Crippen LogP contribution in [-0.2, 0) is 14.4 Å². The van der Waals surface area contributed by atoms with Gasteiger partial charge in [0.05, 0.1) is 6.54 Å². The maximum absolute atomic E-state index is 11.8. The molecule has 3 amide bonds. The first kappa shape index (κ1) is 17.7. The molecule has 24 heavy (non-hydrogen) atoms. The molecule has 0 spiro atoms. The first-order valence-electron chi connectivity index (χ1n) is 7.15. The largest absolute Gasteiger partial charge is 0.339 e. The predicted octanol–water partition coefficient (Wildman–Crippen LogP) is 2.45. The van der Waals surface area contributed by atoms with E-state index in [9.17, 15) is 14.4 Å². The van der Waals surface area contributed by atoms with Crippen molar-refractivity contribution in [1.29, 1.82) is 0 Å². The number of hydrogen-bond donors (Lipinski definition) is 3. The van der Waals surface area contributed by atoms with E-state index in [1.54, 1.807) is 36.4 Å². The minimum atomic E-state index is -0.878. The van der Waals surface area contributed by atoms with E-state index < -0.39 is 17.7 Å². The van der Waals surface area contributed by atoms with Crippen LogP contribution in [0, 0.1) is 6.92 Å². The first-order chi connectivity index (χ1) is 11.4. The van der Waals surface area contributed by atoms with Crippen molar-refractivity contribution in [2.45, 2.75) is 6.92 Å². The maximum Gasteiger partial charge on any atom is 0.313 e. The van der Waals surface area contributed by atoms with E-state index in [-0.39, 0.29) is 6.54 Å². The SMILES string of the molecule is Cc1ccc(NC(=O)CNC(=O)C(=O)Nc2ccc(Br)cc2)cc1. The van der Waals surface area contributed by atoms with Crippen molar-refractivity contribution in [2.75, 3.05) is 17.2 Å². The fourth-order valence-electron chi connectivity index (χ4n) is 1.80. The molecule has 0 saturated heterocycles. The molecule has 0 aliphatic carbocycles. The van der Waals surface area contributed by atoms with Gasteiger partial charge in [0.25, 0.3) is 0 Å². The standard InChI is InChI=1S/C17H16BrN3O3/c1-11-2-6-13(7-3-11)20-15(22)10-19-16(23)17(24)21-14-8-4-12(18)5-9-14/h2-9H,10H2,1H3,(H,19,23)(H,20,22)(H,21,24). The van der Waals surface area contributed by atoms with E-state index >= 15 is 0 Å². The quantitative estimate of drug-likeness (QED) is 0.701. The lowest BCUT2D eigenvalue weighted by Gasteiger charge is -2.08. The van der Waals surface area contributed by atoms with E-state index in [2.05, 4.69) is 31.9 Å². The van der Waals surface area contributed by atoms with Gasteiger partial charge in [-0.15, -0.1) is 0 Å². The van der Waals surface area contributed by atoms with Crippen molar-refractivity contribution in [3.8, 4) is 0 Å². The van der Waals surface area contributed by atoms with Crippen molar-refractivity contribution in [1.82, 2.24) is 5.32 Å². The Labute approximate surface area is 147 Å². The number of nitrogens with one attached hydrogen (secondary N) is 3. The number of halogens is 1. The third-order valence-electron chi connectivity index (χ3n) is 3.05. The van der Waals surface area contributed by atoms with Crippen LogP contribution in [-0.4, -0.2) is 24.3 Å². The zero-order valence-electron chi connectivity index (χ0n) is 12.9. The molecular weight excluding hydrogens is 374 g/mol. The second kappa shape index (κ2) is 8.26. The van der Waals surface area contributed by atoms with E-state index in [4.69, 9.17) is 0 Å². The third kappa shape index (κ3) is 5.51.